The molecule has 0 saturated carbocycles. The number of hydrogen-bond acceptors (Lipinski definition) is 6. The van der Waals surface area contributed by atoms with E-state index in [1.54, 1.807) is 49.4 Å². The lowest BCUT2D eigenvalue weighted by Gasteiger charge is -2.06. The first-order valence-electron chi connectivity index (χ1n) is 8.77. The van der Waals surface area contributed by atoms with Crippen LogP contribution in [0.1, 0.15) is 28.8 Å². The normalized spacial score (nSPS) is 10.9. The van der Waals surface area contributed by atoms with Gasteiger partial charge in [-0.15, -0.1) is 0 Å². The molecule has 3 aromatic rings. The quantitative estimate of drug-likeness (QED) is 0.635. The smallest absolute Gasteiger partial charge is 0.291 e. The van der Waals surface area contributed by atoms with Crippen LogP contribution in [0.2, 0.25) is 0 Å². The van der Waals surface area contributed by atoms with Crippen molar-refractivity contribution in [2.75, 3.05) is 11.1 Å². The number of hydrogen-bond donors (Lipinski definition) is 1. The highest BCUT2D eigenvalue weighted by atomic mass is 32.2. The van der Waals surface area contributed by atoms with E-state index in [4.69, 9.17) is 14.4 Å². The predicted octanol–water partition coefficient (Wildman–Crippen LogP) is 3.78. The Labute approximate surface area is 168 Å². The number of benzene rings is 2. The number of sulfone groups is 1. The van der Waals surface area contributed by atoms with Gasteiger partial charge in [-0.3, -0.25) is 4.79 Å². The molecule has 3 rings (SSSR count). The van der Waals surface area contributed by atoms with E-state index in [9.17, 15) is 13.2 Å². The number of nitriles is 1. The maximum absolute atomic E-state index is 12.4. The summed E-state index contributed by atoms with van der Waals surface area (Å²) in [5.74, 6) is 0.570. The molecule has 0 aliphatic carbocycles. The number of carbonyl (C=O) groups is 1. The van der Waals surface area contributed by atoms with Crippen LogP contribution in [0.4, 0.5) is 5.69 Å². The van der Waals surface area contributed by atoms with Crippen LogP contribution < -0.4 is 10.1 Å². The van der Waals surface area contributed by atoms with Crippen LogP contribution in [-0.2, 0) is 16.4 Å². The Kier molecular flexibility index (Phi) is 6.00. The minimum absolute atomic E-state index is 0.0226. The van der Waals surface area contributed by atoms with E-state index in [0.717, 1.165) is 0 Å². The second-order valence-electron chi connectivity index (χ2n) is 6.08. The summed E-state index contributed by atoms with van der Waals surface area (Å²) in [5.41, 5.74) is 0.890. The van der Waals surface area contributed by atoms with Gasteiger partial charge >= 0.3 is 0 Å². The molecule has 0 aliphatic rings. The molecule has 0 fully saturated rings. The van der Waals surface area contributed by atoms with Crippen molar-refractivity contribution in [3.63, 3.8) is 0 Å². The van der Waals surface area contributed by atoms with Gasteiger partial charge in [-0.25, -0.2) is 8.42 Å². The Hall–Kier alpha value is -3.57. The van der Waals surface area contributed by atoms with Gasteiger partial charge in [0.25, 0.3) is 5.91 Å². The van der Waals surface area contributed by atoms with Crippen LogP contribution in [0.3, 0.4) is 0 Å². The summed E-state index contributed by atoms with van der Waals surface area (Å²) < 4.78 is 35.0. The Morgan fingerprint density at radius 3 is 2.59 bits per heavy atom. The van der Waals surface area contributed by atoms with E-state index < -0.39 is 15.7 Å². The molecule has 0 bridgehead atoms. The highest BCUT2D eigenvalue weighted by Crippen LogP contribution is 2.19. The summed E-state index contributed by atoms with van der Waals surface area (Å²) in [5, 5.41) is 11.4. The second kappa shape index (κ2) is 8.63. The molecule has 0 spiro atoms. The van der Waals surface area contributed by atoms with E-state index in [0.29, 0.717) is 22.8 Å². The molecule has 1 amide bonds. The molecule has 1 N–H and O–H groups in total. The van der Waals surface area contributed by atoms with Crippen molar-refractivity contribution >= 4 is 21.4 Å². The van der Waals surface area contributed by atoms with Gasteiger partial charge in [-0.1, -0.05) is 13.0 Å². The number of furan rings is 1. The summed E-state index contributed by atoms with van der Waals surface area (Å²) in [6.45, 7) is 1.67. The molecule has 2 aromatic carbocycles. The standard InChI is InChI=1S/C21H18N2O5S/c1-2-29(25,26)19-5-3-4-16(12-19)23-21(24)20-11-10-18(28-20)14-27-17-8-6-15(13-22)7-9-17/h3-12H,2,14H2,1H3,(H,23,24). The third-order valence-corrected chi connectivity index (χ3v) is 5.81. The van der Waals surface area contributed by atoms with E-state index in [1.165, 1.54) is 18.2 Å². The third kappa shape index (κ3) is 5.03. The summed E-state index contributed by atoms with van der Waals surface area (Å²) in [7, 11) is -3.36. The number of carbonyl (C=O) groups excluding carboxylic acids is 1. The van der Waals surface area contributed by atoms with Gasteiger partial charge in [0.2, 0.25) is 0 Å². The van der Waals surface area contributed by atoms with E-state index in [2.05, 4.69) is 5.32 Å². The molecule has 1 heterocycles. The first-order valence-corrected chi connectivity index (χ1v) is 10.4. The fourth-order valence-electron chi connectivity index (χ4n) is 2.48. The molecule has 7 nitrogen and oxygen atoms in total. The lowest BCUT2D eigenvalue weighted by molar-refractivity contribution is 0.0992. The third-order valence-electron chi connectivity index (χ3n) is 4.08. The fourth-order valence-corrected chi connectivity index (χ4v) is 3.41. The van der Waals surface area contributed by atoms with Gasteiger partial charge in [0.1, 0.15) is 18.1 Å². The van der Waals surface area contributed by atoms with Crippen molar-refractivity contribution in [1.29, 1.82) is 5.26 Å². The van der Waals surface area contributed by atoms with Crippen molar-refractivity contribution in [3.05, 3.63) is 77.7 Å². The van der Waals surface area contributed by atoms with Crippen LogP contribution in [0.25, 0.3) is 0 Å². The van der Waals surface area contributed by atoms with E-state index >= 15 is 0 Å². The average Bonchev–Trinajstić information content (AvgIpc) is 3.22. The Morgan fingerprint density at radius 1 is 1.14 bits per heavy atom. The first kappa shape index (κ1) is 20.2. The van der Waals surface area contributed by atoms with Crippen molar-refractivity contribution in [2.45, 2.75) is 18.4 Å². The van der Waals surface area contributed by atoms with Crippen molar-refractivity contribution in [2.24, 2.45) is 0 Å². The largest absolute Gasteiger partial charge is 0.486 e. The maximum Gasteiger partial charge on any atom is 0.291 e. The monoisotopic (exact) mass is 410 g/mol. The highest BCUT2D eigenvalue weighted by Gasteiger charge is 2.15. The summed E-state index contributed by atoms with van der Waals surface area (Å²) in [4.78, 5) is 12.5. The zero-order valence-electron chi connectivity index (χ0n) is 15.6. The molecule has 1 aromatic heterocycles. The van der Waals surface area contributed by atoms with Crippen LogP contribution in [0.15, 0.2) is 70.0 Å². The number of nitrogens with one attached hydrogen (secondary N) is 1. The molecule has 8 heteroatoms. The van der Waals surface area contributed by atoms with Gasteiger partial charge in [0.15, 0.2) is 15.6 Å². The number of amides is 1. The SMILES string of the molecule is CCS(=O)(=O)c1cccc(NC(=O)c2ccc(COc3ccc(C#N)cc3)o2)c1. The van der Waals surface area contributed by atoms with E-state index in [1.807, 2.05) is 6.07 Å². The van der Waals surface area contributed by atoms with Gasteiger partial charge in [0.05, 0.1) is 22.3 Å². The van der Waals surface area contributed by atoms with Crippen molar-refractivity contribution in [3.8, 4) is 11.8 Å². The van der Waals surface area contributed by atoms with Crippen molar-refractivity contribution < 1.29 is 22.4 Å². The summed E-state index contributed by atoms with van der Waals surface area (Å²) >= 11 is 0. The Bertz CT molecular complexity index is 1160. The minimum Gasteiger partial charge on any atom is -0.486 e. The van der Waals surface area contributed by atoms with Crippen LogP contribution in [0, 0.1) is 11.3 Å². The fraction of sp³-hybridized carbons (Fsp3) is 0.143. The molecule has 0 atom stereocenters. The maximum atomic E-state index is 12.4. The minimum atomic E-state index is -3.36. The molecule has 0 aliphatic heterocycles. The predicted molar refractivity (Wildman–Crippen MR) is 106 cm³/mol. The lowest BCUT2D eigenvalue weighted by atomic mass is 10.2. The summed E-state index contributed by atoms with van der Waals surface area (Å²) in [6.07, 6.45) is 0. The van der Waals surface area contributed by atoms with E-state index in [-0.39, 0.29) is 23.0 Å². The zero-order chi connectivity index (χ0) is 20.9. The topological polar surface area (TPSA) is 109 Å². The first-order chi connectivity index (χ1) is 13.9. The van der Waals surface area contributed by atoms with Gasteiger partial charge in [0, 0.05) is 5.69 Å². The summed E-state index contributed by atoms with van der Waals surface area (Å²) in [6, 6.07) is 17.9. The van der Waals surface area contributed by atoms with Gasteiger partial charge in [-0.05, 0) is 54.6 Å². The van der Waals surface area contributed by atoms with Crippen LogP contribution in [-0.4, -0.2) is 20.1 Å². The molecule has 148 valence electrons. The Morgan fingerprint density at radius 2 is 1.90 bits per heavy atom. The van der Waals surface area contributed by atoms with Crippen LogP contribution >= 0.6 is 0 Å². The highest BCUT2D eigenvalue weighted by molar-refractivity contribution is 7.91. The molecule has 0 radical (unpaired) electrons. The molecule has 29 heavy (non-hydrogen) atoms. The van der Waals surface area contributed by atoms with Gasteiger partial charge < -0.3 is 14.5 Å². The molecular weight excluding hydrogens is 392 g/mol. The number of anilines is 1. The number of ether oxygens (including phenoxy) is 1. The Balaban J connectivity index is 1.63. The lowest BCUT2D eigenvalue weighted by Crippen LogP contribution is -2.12. The average molecular weight is 410 g/mol. The zero-order valence-corrected chi connectivity index (χ0v) is 16.4. The number of nitrogens with zero attached hydrogens (tertiary/aromatic N) is 1. The van der Waals surface area contributed by atoms with Crippen molar-refractivity contribution in [1.82, 2.24) is 0 Å². The van der Waals surface area contributed by atoms with Gasteiger partial charge in [-0.2, -0.15) is 5.26 Å². The molecule has 0 saturated heterocycles. The second-order valence-corrected chi connectivity index (χ2v) is 8.35. The molecular formula is C21H18N2O5S. The molecule has 0 unspecified atom stereocenters. The van der Waals surface area contributed by atoms with Crippen LogP contribution in [0.5, 0.6) is 5.75 Å². The number of rotatable bonds is 7.